The Balaban J connectivity index is 1.74. The molecular formula is C23H24F3N3O2. The van der Waals surface area contributed by atoms with Crippen LogP contribution in [0.3, 0.4) is 0 Å². The van der Waals surface area contributed by atoms with Crippen molar-refractivity contribution in [2.75, 3.05) is 25.6 Å². The van der Waals surface area contributed by atoms with Crippen molar-refractivity contribution < 1.29 is 22.7 Å². The van der Waals surface area contributed by atoms with E-state index in [2.05, 4.69) is 5.32 Å². The van der Waals surface area contributed by atoms with Crippen molar-refractivity contribution in [2.45, 2.75) is 19.3 Å². The van der Waals surface area contributed by atoms with Gasteiger partial charge in [0.2, 0.25) is 0 Å². The predicted octanol–water partition coefficient (Wildman–Crippen LogP) is 5.24. The van der Waals surface area contributed by atoms with Gasteiger partial charge < -0.3 is 19.5 Å². The lowest BCUT2D eigenvalue weighted by Crippen LogP contribution is -2.37. The van der Waals surface area contributed by atoms with Crippen molar-refractivity contribution in [3.63, 3.8) is 0 Å². The van der Waals surface area contributed by atoms with Crippen LogP contribution in [0.2, 0.25) is 0 Å². The Morgan fingerprint density at radius 2 is 1.84 bits per heavy atom. The second-order valence-electron chi connectivity index (χ2n) is 7.04. The van der Waals surface area contributed by atoms with E-state index in [-0.39, 0.29) is 18.8 Å². The lowest BCUT2D eigenvalue weighted by molar-refractivity contribution is -0.137. The largest absolute Gasteiger partial charge is 0.416 e. The zero-order valence-corrected chi connectivity index (χ0v) is 17.1. The minimum absolute atomic E-state index is 0.0851. The molecule has 164 valence electrons. The maximum Gasteiger partial charge on any atom is 0.416 e. The maximum absolute atomic E-state index is 13.0. The summed E-state index contributed by atoms with van der Waals surface area (Å²) >= 11 is 0. The third-order valence-electron chi connectivity index (χ3n) is 4.77. The van der Waals surface area contributed by atoms with Crippen LogP contribution in [-0.4, -0.2) is 35.8 Å². The molecule has 0 fully saturated rings. The molecule has 1 heterocycles. The van der Waals surface area contributed by atoms with Crippen molar-refractivity contribution >= 4 is 11.7 Å². The summed E-state index contributed by atoms with van der Waals surface area (Å²) in [5, 5.41) is 2.57. The molecule has 8 heteroatoms. The Bertz CT molecular complexity index is 987. The van der Waals surface area contributed by atoms with E-state index in [9.17, 15) is 18.0 Å². The fourth-order valence-electron chi connectivity index (χ4n) is 3.15. The molecule has 0 atom stereocenters. The quantitative estimate of drug-likeness (QED) is 0.531. The number of nitrogens with zero attached hydrogens (tertiary/aromatic N) is 2. The van der Waals surface area contributed by atoms with Gasteiger partial charge in [-0.15, -0.1) is 0 Å². The van der Waals surface area contributed by atoms with E-state index in [1.165, 1.54) is 24.1 Å². The Hall–Kier alpha value is -3.26. The molecule has 2 amide bonds. The number of hydrogen-bond donors (Lipinski definition) is 1. The molecule has 0 saturated carbocycles. The number of anilines is 1. The van der Waals surface area contributed by atoms with Crippen molar-refractivity contribution in [3.8, 4) is 0 Å². The number of carbonyl (C=O) groups is 1. The number of benzene rings is 2. The van der Waals surface area contributed by atoms with Crippen molar-refractivity contribution in [3.05, 3.63) is 89.7 Å². The summed E-state index contributed by atoms with van der Waals surface area (Å²) in [5.41, 5.74) is 1.29. The number of carbonyl (C=O) groups excluding carboxylic acids is 1. The highest BCUT2D eigenvalue weighted by molar-refractivity contribution is 5.89. The lowest BCUT2D eigenvalue weighted by atomic mass is 10.2. The van der Waals surface area contributed by atoms with Gasteiger partial charge in [-0.05, 0) is 35.9 Å². The summed E-state index contributed by atoms with van der Waals surface area (Å²) in [6.45, 7) is 1.53. The molecule has 0 aliphatic heterocycles. The molecule has 0 aliphatic carbocycles. The molecule has 0 unspecified atom stereocenters. The number of aromatic nitrogens is 1. The van der Waals surface area contributed by atoms with Gasteiger partial charge in [0.25, 0.3) is 0 Å². The van der Waals surface area contributed by atoms with Gasteiger partial charge in [0, 0.05) is 37.8 Å². The van der Waals surface area contributed by atoms with Gasteiger partial charge in [-0.3, -0.25) is 0 Å². The van der Waals surface area contributed by atoms with Crippen LogP contribution in [0.25, 0.3) is 0 Å². The van der Waals surface area contributed by atoms with Crippen molar-refractivity contribution in [1.29, 1.82) is 0 Å². The third-order valence-corrected chi connectivity index (χ3v) is 4.77. The van der Waals surface area contributed by atoms with Crippen molar-refractivity contribution in [2.24, 2.45) is 0 Å². The van der Waals surface area contributed by atoms with Gasteiger partial charge in [0.1, 0.15) is 0 Å². The smallest absolute Gasteiger partial charge is 0.383 e. The summed E-state index contributed by atoms with van der Waals surface area (Å²) in [7, 11) is 1.53. The van der Waals surface area contributed by atoms with Crippen LogP contribution in [0.1, 0.15) is 16.8 Å². The molecule has 0 aliphatic rings. The van der Waals surface area contributed by atoms with Crippen LogP contribution in [0.5, 0.6) is 0 Å². The van der Waals surface area contributed by atoms with Crippen LogP contribution < -0.4 is 5.32 Å². The second-order valence-corrected chi connectivity index (χ2v) is 7.04. The first-order valence-corrected chi connectivity index (χ1v) is 9.77. The molecule has 3 rings (SSSR count). The molecule has 0 spiro atoms. The molecule has 1 N–H and O–H groups in total. The maximum atomic E-state index is 13.0. The van der Waals surface area contributed by atoms with Gasteiger partial charge in [0.05, 0.1) is 18.7 Å². The van der Waals surface area contributed by atoms with Gasteiger partial charge in [-0.2, -0.15) is 13.2 Å². The first-order valence-electron chi connectivity index (χ1n) is 9.77. The van der Waals surface area contributed by atoms with E-state index >= 15 is 0 Å². The minimum Gasteiger partial charge on any atom is -0.383 e. The number of urea groups is 1. The number of alkyl halides is 3. The summed E-state index contributed by atoms with van der Waals surface area (Å²) in [4.78, 5) is 14.4. The number of ether oxygens (including phenoxy) is 1. The molecule has 1 aromatic heterocycles. The Morgan fingerprint density at radius 1 is 1.06 bits per heavy atom. The highest BCUT2D eigenvalue weighted by Gasteiger charge is 2.30. The third kappa shape index (κ3) is 6.36. The average molecular weight is 431 g/mol. The number of halogens is 3. The first kappa shape index (κ1) is 22.4. The van der Waals surface area contributed by atoms with Crippen LogP contribution in [0.15, 0.2) is 72.9 Å². The van der Waals surface area contributed by atoms with Gasteiger partial charge in [-0.1, -0.05) is 36.4 Å². The van der Waals surface area contributed by atoms with Gasteiger partial charge >= 0.3 is 12.2 Å². The fourth-order valence-corrected chi connectivity index (χ4v) is 3.15. The Labute approximate surface area is 179 Å². The molecule has 2 aromatic carbocycles. The topological polar surface area (TPSA) is 46.5 Å². The van der Waals surface area contributed by atoms with E-state index in [1.807, 2.05) is 53.2 Å². The average Bonchev–Trinajstić information content (AvgIpc) is 3.18. The second kappa shape index (κ2) is 10.2. The summed E-state index contributed by atoms with van der Waals surface area (Å²) in [5.74, 6) is 0. The van der Waals surface area contributed by atoms with Crippen LogP contribution in [-0.2, 0) is 24.0 Å². The zero-order valence-electron chi connectivity index (χ0n) is 17.1. The van der Waals surface area contributed by atoms with E-state index < -0.39 is 17.8 Å². The van der Waals surface area contributed by atoms with Gasteiger partial charge in [0.15, 0.2) is 0 Å². The molecule has 31 heavy (non-hydrogen) atoms. The fraction of sp³-hybridized carbons (Fsp3) is 0.261. The van der Waals surface area contributed by atoms with Crippen molar-refractivity contribution in [1.82, 2.24) is 9.47 Å². The van der Waals surface area contributed by atoms with Crippen LogP contribution in [0, 0.1) is 0 Å². The summed E-state index contributed by atoms with van der Waals surface area (Å²) in [6, 6.07) is 17.8. The van der Waals surface area contributed by atoms with Crippen LogP contribution in [0.4, 0.5) is 23.7 Å². The lowest BCUT2D eigenvalue weighted by Gasteiger charge is -2.24. The first-order chi connectivity index (χ1) is 14.9. The van der Waals surface area contributed by atoms with E-state index in [0.29, 0.717) is 13.2 Å². The molecule has 3 aromatic rings. The Kier molecular flexibility index (Phi) is 7.36. The SMILES string of the molecule is COCCN(Cc1cccn1Cc1ccccc1)C(=O)Nc1cccc(C(F)(F)F)c1. The molecule has 0 bridgehead atoms. The monoisotopic (exact) mass is 431 g/mol. The number of amides is 2. The molecule has 0 radical (unpaired) electrons. The minimum atomic E-state index is -4.48. The Morgan fingerprint density at radius 3 is 2.55 bits per heavy atom. The molecule has 5 nitrogen and oxygen atoms in total. The zero-order chi connectivity index (χ0) is 22.3. The normalized spacial score (nSPS) is 11.4. The number of nitrogens with one attached hydrogen (secondary N) is 1. The van der Waals surface area contributed by atoms with Crippen LogP contribution >= 0.6 is 0 Å². The summed E-state index contributed by atoms with van der Waals surface area (Å²) in [6.07, 6.45) is -2.55. The van der Waals surface area contributed by atoms with Gasteiger partial charge in [-0.25, -0.2) is 4.79 Å². The summed E-state index contributed by atoms with van der Waals surface area (Å²) < 4.78 is 46.0. The van der Waals surface area contributed by atoms with E-state index in [4.69, 9.17) is 4.74 Å². The highest BCUT2D eigenvalue weighted by atomic mass is 19.4. The van der Waals surface area contributed by atoms with E-state index in [1.54, 1.807) is 0 Å². The highest BCUT2D eigenvalue weighted by Crippen LogP contribution is 2.30. The van der Waals surface area contributed by atoms with E-state index in [0.717, 1.165) is 23.4 Å². The number of rotatable bonds is 8. The molecular weight excluding hydrogens is 407 g/mol. The molecule has 0 saturated heterocycles. The number of methoxy groups -OCH3 is 1. The predicted molar refractivity (Wildman–Crippen MR) is 113 cm³/mol. The number of hydrogen-bond acceptors (Lipinski definition) is 2. The standard InChI is InChI=1S/C23H24F3N3O2/c1-31-14-13-29(22(30)27-20-10-5-9-19(15-20)23(24,25)26)17-21-11-6-12-28(21)16-18-7-3-2-4-8-18/h2-12,15H,13-14,16-17H2,1H3,(H,27,30).